The van der Waals surface area contributed by atoms with Gasteiger partial charge in [0.1, 0.15) is 6.07 Å². The van der Waals surface area contributed by atoms with E-state index in [4.69, 9.17) is 11.0 Å². The predicted octanol–water partition coefficient (Wildman–Crippen LogP) is 2.48. The van der Waals surface area contributed by atoms with Crippen molar-refractivity contribution in [1.29, 1.82) is 5.26 Å². The fourth-order valence-corrected chi connectivity index (χ4v) is 1.94. The lowest BCUT2D eigenvalue weighted by Crippen LogP contribution is -2.44. The molecule has 2 rings (SSSR count). The molecule has 3 nitrogen and oxygen atoms in total. The second-order valence-electron chi connectivity index (χ2n) is 4.44. The highest BCUT2D eigenvalue weighted by Gasteiger charge is 2.32. The Labute approximate surface area is 102 Å². The van der Waals surface area contributed by atoms with Crippen molar-refractivity contribution in [3.8, 4) is 6.07 Å². The lowest BCUT2D eigenvalue weighted by Gasteiger charge is -2.34. The van der Waals surface area contributed by atoms with Crippen LogP contribution in [0.2, 0.25) is 0 Å². The van der Waals surface area contributed by atoms with Crippen molar-refractivity contribution >= 4 is 5.69 Å². The summed E-state index contributed by atoms with van der Waals surface area (Å²) in [5.41, 5.74) is 5.25. The molecule has 0 amide bonds. The zero-order chi connectivity index (χ0) is 13.3. The quantitative estimate of drug-likeness (QED) is 0.853. The molecule has 0 heterocycles. The Balaban J connectivity index is 2.19. The topological polar surface area (TPSA) is 61.8 Å². The van der Waals surface area contributed by atoms with Gasteiger partial charge in [-0.1, -0.05) is 0 Å². The number of halogens is 3. The Kier molecular flexibility index (Phi) is 3.18. The van der Waals surface area contributed by atoms with E-state index in [0.29, 0.717) is 5.69 Å². The van der Waals surface area contributed by atoms with Crippen LogP contribution in [0.5, 0.6) is 0 Å². The van der Waals surface area contributed by atoms with Crippen LogP contribution in [0.25, 0.3) is 0 Å². The maximum Gasteiger partial charge on any atom is 0.416 e. The summed E-state index contributed by atoms with van der Waals surface area (Å²) in [6, 6.07) is 5.20. The standard InChI is InChI=1S/C12H12F3N3/c13-12(14,15)8-1-2-11(7(3-8)6-16)18-10-4-9(17)5-10/h1-3,9-10,18H,4-5,17H2. The van der Waals surface area contributed by atoms with Crippen molar-refractivity contribution < 1.29 is 13.2 Å². The number of nitrogens with two attached hydrogens (primary N) is 1. The van der Waals surface area contributed by atoms with Crippen LogP contribution in [0.1, 0.15) is 24.0 Å². The smallest absolute Gasteiger partial charge is 0.381 e. The van der Waals surface area contributed by atoms with Gasteiger partial charge in [0.2, 0.25) is 0 Å². The molecule has 6 heteroatoms. The van der Waals surface area contributed by atoms with E-state index in [0.717, 1.165) is 25.0 Å². The van der Waals surface area contributed by atoms with Gasteiger partial charge in [-0.2, -0.15) is 18.4 Å². The van der Waals surface area contributed by atoms with E-state index in [-0.39, 0.29) is 17.6 Å². The zero-order valence-corrected chi connectivity index (χ0v) is 9.46. The Bertz CT molecular complexity index is 484. The zero-order valence-electron chi connectivity index (χ0n) is 9.46. The molecule has 1 aromatic rings. The van der Waals surface area contributed by atoms with Gasteiger partial charge in [-0.05, 0) is 31.0 Å². The molecule has 1 aromatic carbocycles. The highest BCUT2D eigenvalue weighted by molar-refractivity contribution is 5.59. The van der Waals surface area contributed by atoms with E-state index < -0.39 is 11.7 Å². The minimum atomic E-state index is -4.43. The summed E-state index contributed by atoms with van der Waals surface area (Å²) in [7, 11) is 0. The minimum Gasteiger partial charge on any atom is -0.381 e. The first kappa shape index (κ1) is 12.7. The Morgan fingerprint density at radius 3 is 2.50 bits per heavy atom. The summed E-state index contributed by atoms with van der Waals surface area (Å²) in [6.07, 6.45) is -2.89. The summed E-state index contributed by atoms with van der Waals surface area (Å²) in [4.78, 5) is 0. The van der Waals surface area contributed by atoms with E-state index >= 15 is 0 Å². The number of benzene rings is 1. The van der Waals surface area contributed by atoms with Gasteiger partial charge in [-0.25, -0.2) is 0 Å². The van der Waals surface area contributed by atoms with Crippen molar-refractivity contribution in [1.82, 2.24) is 0 Å². The normalized spacial score (nSPS) is 23.1. The predicted molar refractivity (Wildman–Crippen MR) is 60.8 cm³/mol. The summed E-state index contributed by atoms with van der Waals surface area (Å²) < 4.78 is 37.4. The Hall–Kier alpha value is -1.74. The largest absolute Gasteiger partial charge is 0.416 e. The number of hydrogen-bond donors (Lipinski definition) is 2. The molecule has 0 unspecified atom stereocenters. The van der Waals surface area contributed by atoms with Crippen LogP contribution < -0.4 is 11.1 Å². The number of anilines is 1. The molecule has 1 saturated carbocycles. The first-order valence-corrected chi connectivity index (χ1v) is 5.53. The van der Waals surface area contributed by atoms with Crippen LogP contribution >= 0.6 is 0 Å². The van der Waals surface area contributed by atoms with Gasteiger partial charge in [0, 0.05) is 12.1 Å². The molecule has 18 heavy (non-hydrogen) atoms. The Morgan fingerprint density at radius 1 is 1.33 bits per heavy atom. The van der Waals surface area contributed by atoms with Gasteiger partial charge in [-0.3, -0.25) is 0 Å². The SMILES string of the molecule is N#Cc1cc(C(F)(F)F)ccc1NC1CC(N)C1. The average Bonchev–Trinajstić information content (AvgIpc) is 2.26. The third-order valence-electron chi connectivity index (χ3n) is 3.00. The van der Waals surface area contributed by atoms with Crippen molar-refractivity contribution in [3.63, 3.8) is 0 Å². The molecular formula is C12H12F3N3. The van der Waals surface area contributed by atoms with Gasteiger partial charge >= 0.3 is 6.18 Å². The van der Waals surface area contributed by atoms with Crippen LogP contribution in [-0.4, -0.2) is 12.1 Å². The number of rotatable bonds is 2. The molecule has 1 aliphatic carbocycles. The molecule has 1 aliphatic rings. The fraction of sp³-hybridized carbons (Fsp3) is 0.417. The molecule has 0 atom stereocenters. The summed E-state index contributed by atoms with van der Waals surface area (Å²) in [5, 5.41) is 11.9. The molecule has 96 valence electrons. The van der Waals surface area contributed by atoms with Gasteiger partial charge in [0.05, 0.1) is 16.8 Å². The van der Waals surface area contributed by atoms with Crippen molar-refractivity contribution in [2.75, 3.05) is 5.32 Å². The van der Waals surface area contributed by atoms with Gasteiger partial charge in [0.15, 0.2) is 0 Å². The molecule has 0 radical (unpaired) electrons. The molecule has 0 bridgehead atoms. The number of nitriles is 1. The van der Waals surface area contributed by atoms with Crippen LogP contribution in [0.3, 0.4) is 0 Å². The minimum absolute atomic E-state index is 0.00490. The lowest BCUT2D eigenvalue weighted by molar-refractivity contribution is -0.137. The summed E-state index contributed by atoms with van der Waals surface area (Å²) >= 11 is 0. The van der Waals surface area contributed by atoms with Crippen molar-refractivity contribution in [3.05, 3.63) is 29.3 Å². The molecule has 3 N–H and O–H groups in total. The van der Waals surface area contributed by atoms with E-state index in [9.17, 15) is 13.2 Å². The van der Waals surface area contributed by atoms with Crippen molar-refractivity contribution in [2.45, 2.75) is 31.1 Å². The van der Waals surface area contributed by atoms with E-state index in [1.807, 2.05) is 0 Å². The van der Waals surface area contributed by atoms with E-state index in [1.165, 1.54) is 6.07 Å². The van der Waals surface area contributed by atoms with Gasteiger partial charge in [0.25, 0.3) is 0 Å². The highest BCUT2D eigenvalue weighted by Crippen LogP contribution is 2.32. The van der Waals surface area contributed by atoms with Crippen LogP contribution in [0, 0.1) is 11.3 Å². The maximum atomic E-state index is 12.5. The first-order chi connectivity index (χ1) is 8.40. The fourth-order valence-electron chi connectivity index (χ4n) is 1.94. The van der Waals surface area contributed by atoms with Gasteiger partial charge < -0.3 is 11.1 Å². The number of nitrogens with one attached hydrogen (secondary N) is 1. The summed E-state index contributed by atoms with van der Waals surface area (Å²) in [6.45, 7) is 0. The van der Waals surface area contributed by atoms with Crippen LogP contribution in [0.15, 0.2) is 18.2 Å². The van der Waals surface area contributed by atoms with Crippen molar-refractivity contribution in [2.24, 2.45) is 5.73 Å². The second-order valence-corrected chi connectivity index (χ2v) is 4.44. The molecular weight excluding hydrogens is 243 g/mol. The molecule has 1 fully saturated rings. The molecule has 0 saturated heterocycles. The third-order valence-corrected chi connectivity index (χ3v) is 3.00. The average molecular weight is 255 g/mol. The highest BCUT2D eigenvalue weighted by atomic mass is 19.4. The van der Waals surface area contributed by atoms with E-state index in [2.05, 4.69) is 5.32 Å². The third kappa shape index (κ3) is 2.57. The van der Waals surface area contributed by atoms with Crippen LogP contribution in [-0.2, 0) is 6.18 Å². The number of alkyl halides is 3. The molecule has 0 aromatic heterocycles. The van der Waals surface area contributed by atoms with Crippen LogP contribution in [0.4, 0.5) is 18.9 Å². The number of hydrogen-bond acceptors (Lipinski definition) is 3. The maximum absolute atomic E-state index is 12.5. The van der Waals surface area contributed by atoms with Gasteiger partial charge in [-0.15, -0.1) is 0 Å². The van der Waals surface area contributed by atoms with E-state index in [1.54, 1.807) is 6.07 Å². The molecule has 0 aliphatic heterocycles. The Morgan fingerprint density at radius 2 is 2.00 bits per heavy atom. The monoisotopic (exact) mass is 255 g/mol. The molecule has 0 spiro atoms. The number of nitrogens with zero attached hydrogens (tertiary/aromatic N) is 1. The first-order valence-electron chi connectivity index (χ1n) is 5.53. The summed E-state index contributed by atoms with van der Waals surface area (Å²) in [5.74, 6) is 0. The lowest BCUT2D eigenvalue weighted by atomic mass is 9.87. The second kappa shape index (κ2) is 4.50.